The molecular weight excluding hydrogens is 453 g/mol. The van der Waals surface area contributed by atoms with Gasteiger partial charge in [-0.15, -0.1) is 10.2 Å². The molecule has 0 aliphatic carbocycles. The number of methoxy groups -OCH3 is 1. The van der Waals surface area contributed by atoms with Gasteiger partial charge in [0.25, 0.3) is 0 Å². The molecular formula is C23H25F3N4O2S. The van der Waals surface area contributed by atoms with E-state index in [0.717, 1.165) is 36.7 Å². The lowest BCUT2D eigenvalue weighted by atomic mass is 10.1. The van der Waals surface area contributed by atoms with Gasteiger partial charge >= 0.3 is 6.18 Å². The molecule has 1 aromatic heterocycles. The summed E-state index contributed by atoms with van der Waals surface area (Å²) >= 11 is 1.12. The van der Waals surface area contributed by atoms with E-state index in [9.17, 15) is 18.0 Å². The van der Waals surface area contributed by atoms with Crippen LogP contribution in [0.3, 0.4) is 0 Å². The van der Waals surface area contributed by atoms with E-state index < -0.39 is 11.7 Å². The number of alkyl halides is 3. The lowest BCUT2D eigenvalue weighted by molar-refractivity contribution is -0.137. The molecule has 1 unspecified atom stereocenters. The summed E-state index contributed by atoms with van der Waals surface area (Å²) in [5.74, 6) is 0.884. The Morgan fingerprint density at radius 1 is 1.18 bits per heavy atom. The maximum atomic E-state index is 13.3. The molecule has 3 rings (SSSR count). The number of amides is 1. The Morgan fingerprint density at radius 3 is 2.55 bits per heavy atom. The Bertz CT molecular complexity index is 1080. The fraction of sp³-hybridized carbons (Fsp3) is 0.348. The predicted octanol–water partition coefficient (Wildman–Crippen LogP) is 5.36. The van der Waals surface area contributed by atoms with E-state index in [1.807, 2.05) is 13.8 Å². The molecule has 0 bridgehead atoms. The Kier molecular flexibility index (Phi) is 8.01. The monoisotopic (exact) mass is 478 g/mol. The van der Waals surface area contributed by atoms with Crippen LogP contribution in [-0.4, -0.2) is 39.6 Å². The van der Waals surface area contributed by atoms with Gasteiger partial charge in [-0.25, -0.2) is 0 Å². The van der Waals surface area contributed by atoms with Crippen molar-refractivity contribution in [1.82, 2.24) is 20.1 Å². The predicted molar refractivity (Wildman–Crippen MR) is 122 cm³/mol. The summed E-state index contributed by atoms with van der Waals surface area (Å²) in [6, 6.07) is 12.0. The zero-order valence-corrected chi connectivity index (χ0v) is 19.3. The van der Waals surface area contributed by atoms with Crippen LogP contribution >= 0.6 is 11.8 Å². The third kappa shape index (κ3) is 6.28. The average molecular weight is 479 g/mol. The molecule has 3 aromatic rings. The molecule has 0 spiro atoms. The number of halogens is 3. The van der Waals surface area contributed by atoms with Gasteiger partial charge in [-0.3, -0.25) is 9.36 Å². The average Bonchev–Trinajstić information content (AvgIpc) is 3.21. The van der Waals surface area contributed by atoms with Crippen LogP contribution in [0.15, 0.2) is 53.7 Å². The highest BCUT2D eigenvalue weighted by atomic mass is 32.2. The SMILES string of the molecule is CCCC(C)NC(=O)CSc1nnc(-c2ccc(OC)cc2)n1-c1cccc(C(F)(F)F)c1. The number of hydrogen-bond acceptors (Lipinski definition) is 5. The molecule has 0 aliphatic heterocycles. The Hall–Kier alpha value is -3.01. The molecule has 0 aliphatic rings. The second kappa shape index (κ2) is 10.7. The molecule has 2 aromatic carbocycles. The van der Waals surface area contributed by atoms with Crippen LogP contribution in [-0.2, 0) is 11.0 Å². The van der Waals surface area contributed by atoms with Gasteiger partial charge in [-0.05, 0) is 55.8 Å². The van der Waals surface area contributed by atoms with Crippen LogP contribution in [0.25, 0.3) is 17.1 Å². The van der Waals surface area contributed by atoms with Gasteiger partial charge in [0.15, 0.2) is 11.0 Å². The van der Waals surface area contributed by atoms with Crippen molar-refractivity contribution in [3.8, 4) is 22.8 Å². The van der Waals surface area contributed by atoms with Crippen molar-refractivity contribution < 1.29 is 22.7 Å². The van der Waals surface area contributed by atoms with Gasteiger partial charge in [0.2, 0.25) is 5.91 Å². The van der Waals surface area contributed by atoms with E-state index in [2.05, 4.69) is 15.5 Å². The first-order valence-corrected chi connectivity index (χ1v) is 11.4. The van der Waals surface area contributed by atoms with Crippen molar-refractivity contribution >= 4 is 17.7 Å². The quantitative estimate of drug-likeness (QED) is 0.420. The van der Waals surface area contributed by atoms with E-state index in [0.29, 0.717) is 22.3 Å². The molecule has 0 saturated heterocycles. The van der Waals surface area contributed by atoms with Crippen molar-refractivity contribution in [1.29, 1.82) is 0 Å². The minimum Gasteiger partial charge on any atom is -0.497 e. The van der Waals surface area contributed by atoms with E-state index >= 15 is 0 Å². The number of hydrogen-bond donors (Lipinski definition) is 1. The van der Waals surface area contributed by atoms with Gasteiger partial charge in [0.05, 0.1) is 24.1 Å². The normalized spacial score (nSPS) is 12.4. The van der Waals surface area contributed by atoms with Crippen molar-refractivity contribution in [2.75, 3.05) is 12.9 Å². The smallest absolute Gasteiger partial charge is 0.416 e. The van der Waals surface area contributed by atoms with E-state index in [4.69, 9.17) is 4.74 Å². The zero-order chi connectivity index (χ0) is 24.0. The van der Waals surface area contributed by atoms with Crippen LogP contribution in [0.5, 0.6) is 5.75 Å². The Balaban J connectivity index is 1.97. The van der Waals surface area contributed by atoms with Crippen LogP contribution < -0.4 is 10.1 Å². The maximum Gasteiger partial charge on any atom is 0.416 e. The van der Waals surface area contributed by atoms with Gasteiger partial charge in [-0.1, -0.05) is 31.2 Å². The molecule has 176 valence electrons. The Morgan fingerprint density at radius 2 is 1.91 bits per heavy atom. The van der Waals surface area contributed by atoms with E-state index in [-0.39, 0.29) is 23.4 Å². The summed E-state index contributed by atoms with van der Waals surface area (Å²) in [5.41, 5.74) is 0.118. The number of carbonyl (C=O) groups is 1. The molecule has 1 atom stereocenters. The first kappa shape index (κ1) is 24.6. The second-order valence-electron chi connectivity index (χ2n) is 7.46. The standard InChI is InChI=1S/C23H25F3N4O2S/c1-4-6-15(2)27-20(31)14-33-22-29-28-21(16-9-11-19(32-3)12-10-16)30(22)18-8-5-7-17(13-18)23(24,25)26/h5,7-13,15H,4,6,14H2,1-3H3,(H,27,31). The molecule has 1 N–H and O–H groups in total. The number of benzene rings is 2. The number of carbonyl (C=O) groups excluding carboxylic acids is 1. The molecule has 0 saturated carbocycles. The van der Waals surface area contributed by atoms with Crippen molar-refractivity contribution in [3.63, 3.8) is 0 Å². The molecule has 10 heteroatoms. The summed E-state index contributed by atoms with van der Waals surface area (Å²) in [6.07, 6.45) is -2.69. The first-order valence-electron chi connectivity index (χ1n) is 10.4. The van der Waals surface area contributed by atoms with E-state index in [1.54, 1.807) is 37.4 Å². The van der Waals surface area contributed by atoms with Gasteiger partial charge in [0, 0.05) is 11.6 Å². The highest BCUT2D eigenvalue weighted by Crippen LogP contribution is 2.33. The summed E-state index contributed by atoms with van der Waals surface area (Å²) in [6.45, 7) is 3.97. The molecule has 33 heavy (non-hydrogen) atoms. The zero-order valence-electron chi connectivity index (χ0n) is 18.5. The summed E-state index contributed by atoms with van der Waals surface area (Å²) < 4.78 is 46.7. The van der Waals surface area contributed by atoms with Gasteiger partial charge < -0.3 is 10.1 Å². The number of nitrogens with one attached hydrogen (secondary N) is 1. The van der Waals surface area contributed by atoms with Crippen molar-refractivity contribution in [2.24, 2.45) is 0 Å². The lowest BCUT2D eigenvalue weighted by Gasteiger charge is -2.14. The number of ether oxygens (including phenoxy) is 1. The van der Waals surface area contributed by atoms with Gasteiger partial charge in [0.1, 0.15) is 5.75 Å². The van der Waals surface area contributed by atoms with Crippen LogP contribution in [0, 0.1) is 0 Å². The van der Waals surface area contributed by atoms with Crippen molar-refractivity contribution in [2.45, 2.75) is 44.1 Å². The molecule has 6 nitrogen and oxygen atoms in total. The lowest BCUT2D eigenvalue weighted by Crippen LogP contribution is -2.33. The third-order valence-corrected chi connectivity index (χ3v) is 5.80. The second-order valence-corrected chi connectivity index (χ2v) is 8.41. The highest BCUT2D eigenvalue weighted by Gasteiger charge is 2.31. The minimum atomic E-state index is -4.49. The number of thioether (sulfide) groups is 1. The fourth-order valence-electron chi connectivity index (χ4n) is 3.30. The minimum absolute atomic E-state index is 0.0410. The number of rotatable bonds is 9. The van der Waals surface area contributed by atoms with Crippen LogP contribution in [0.2, 0.25) is 0 Å². The van der Waals surface area contributed by atoms with Crippen LogP contribution in [0.1, 0.15) is 32.3 Å². The maximum absolute atomic E-state index is 13.3. The molecule has 1 heterocycles. The first-order chi connectivity index (χ1) is 15.7. The molecule has 1 amide bonds. The Labute approximate surface area is 194 Å². The molecule has 0 fully saturated rings. The van der Waals surface area contributed by atoms with E-state index in [1.165, 1.54) is 10.6 Å². The fourth-order valence-corrected chi connectivity index (χ4v) is 4.06. The number of aromatic nitrogens is 3. The summed E-state index contributed by atoms with van der Waals surface area (Å²) in [4.78, 5) is 12.3. The van der Waals surface area contributed by atoms with Gasteiger partial charge in [-0.2, -0.15) is 13.2 Å². The summed E-state index contributed by atoms with van der Waals surface area (Å²) in [5, 5.41) is 11.6. The number of nitrogens with zero attached hydrogens (tertiary/aromatic N) is 3. The highest BCUT2D eigenvalue weighted by molar-refractivity contribution is 7.99. The molecule has 0 radical (unpaired) electrons. The summed E-state index contributed by atoms with van der Waals surface area (Å²) in [7, 11) is 1.54. The third-order valence-electron chi connectivity index (χ3n) is 4.87. The topological polar surface area (TPSA) is 69.0 Å². The van der Waals surface area contributed by atoms with Crippen molar-refractivity contribution in [3.05, 3.63) is 54.1 Å². The van der Waals surface area contributed by atoms with Crippen LogP contribution in [0.4, 0.5) is 13.2 Å². The largest absolute Gasteiger partial charge is 0.497 e.